The summed E-state index contributed by atoms with van der Waals surface area (Å²) in [6.45, 7) is 10.2. The highest BCUT2D eigenvalue weighted by molar-refractivity contribution is 7.12. The fourth-order valence-corrected chi connectivity index (χ4v) is 3.41. The van der Waals surface area contributed by atoms with Crippen LogP contribution in [0, 0.1) is 13.8 Å². The van der Waals surface area contributed by atoms with Gasteiger partial charge in [0.2, 0.25) is 0 Å². The molecule has 0 aliphatic heterocycles. The van der Waals surface area contributed by atoms with Gasteiger partial charge in [-0.05, 0) is 51.9 Å². The van der Waals surface area contributed by atoms with Gasteiger partial charge < -0.3 is 10.1 Å². The second-order valence-corrected chi connectivity index (χ2v) is 6.63. The number of benzene rings is 1. The third-order valence-electron chi connectivity index (χ3n) is 3.42. The van der Waals surface area contributed by atoms with Crippen LogP contribution in [0.5, 0.6) is 5.75 Å². The zero-order valence-electron chi connectivity index (χ0n) is 13.4. The van der Waals surface area contributed by atoms with Crippen molar-refractivity contribution in [3.05, 3.63) is 51.2 Å². The molecule has 0 saturated heterocycles. The van der Waals surface area contributed by atoms with E-state index in [-0.39, 0.29) is 6.04 Å². The summed E-state index contributed by atoms with van der Waals surface area (Å²) < 4.78 is 5.85. The molecule has 0 aliphatic carbocycles. The Morgan fingerprint density at radius 3 is 2.57 bits per heavy atom. The molecule has 0 saturated carbocycles. The summed E-state index contributed by atoms with van der Waals surface area (Å²) in [5.74, 6) is 0.989. The Hall–Kier alpha value is -1.32. The minimum absolute atomic E-state index is 0.213. The molecule has 0 fully saturated rings. The van der Waals surface area contributed by atoms with Gasteiger partial charge in [0.1, 0.15) is 5.75 Å². The lowest BCUT2D eigenvalue weighted by atomic mass is 10.0. The second-order valence-electron chi connectivity index (χ2n) is 5.31. The Labute approximate surface area is 132 Å². The Kier molecular flexibility index (Phi) is 5.83. The molecule has 0 aliphatic rings. The van der Waals surface area contributed by atoms with E-state index in [2.05, 4.69) is 56.4 Å². The van der Waals surface area contributed by atoms with Gasteiger partial charge in [-0.1, -0.05) is 24.6 Å². The first-order valence-corrected chi connectivity index (χ1v) is 8.50. The summed E-state index contributed by atoms with van der Waals surface area (Å²) in [5.41, 5.74) is 2.51. The van der Waals surface area contributed by atoms with Gasteiger partial charge in [-0.3, -0.25) is 0 Å². The second kappa shape index (κ2) is 7.62. The minimum Gasteiger partial charge on any atom is -0.494 e. The quantitative estimate of drug-likeness (QED) is 0.789. The van der Waals surface area contributed by atoms with Crippen LogP contribution >= 0.6 is 11.3 Å². The number of thiophene rings is 1. The SMILES string of the molecule is CCCNC(c1ccc(C)s1)c1cc(C)ccc1OCC. The van der Waals surface area contributed by atoms with E-state index in [0.29, 0.717) is 6.61 Å². The van der Waals surface area contributed by atoms with Crippen molar-refractivity contribution in [3.8, 4) is 5.75 Å². The van der Waals surface area contributed by atoms with Crippen LogP contribution in [0.1, 0.15) is 47.2 Å². The largest absolute Gasteiger partial charge is 0.494 e. The molecule has 2 nitrogen and oxygen atoms in total. The lowest BCUT2D eigenvalue weighted by molar-refractivity contribution is 0.333. The summed E-state index contributed by atoms with van der Waals surface area (Å²) in [4.78, 5) is 2.70. The average Bonchev–Trinajstić information content (AvgIpc) is 2.89. The molecule has 1 unspecified atom stereocenters. The minimum atomic E-state index is 0.213. The summed E-state index contributed by atoms with van der Waals surface area (Å²) in [6.07, 6.45) is 1.12. The van der Waals surface area contributed by atoms with Crippen molar-refractivity contribution >= 4 is 11.3 Å². The smallest absolute Gasteiger partial charge is 0.124 e. The Morgan fingerprint density at radius 2 is 1.95 bits per heavy atom. The maximum absolute atomic E-state index is 5.85. The van der Waals surface area contributed by atoms with E-state index >= 15 is 0 Å². The van der Waals surface area contributed by atoms with Crippen LogP contribution in [0.4, 0.5) is 0 Å². The lowest BCUT2D eigenvalue weighted by Crippen LogP contribution is -2.23. The van der Waals surface area contributed by atoms with Gasteiger partial charge in [-0.15, -0.1) is 11.3 Å². The number of rotatable bonds is 7. The Morgan fingerprint density at radius 1 is 1.14 bits per heavy atom. The molecule has 3 heteroatoms. The topological polar surface area (TPSA) is 21.3 Å². The summed E-state index contributed by atoms with van der Waals surface area (Å²) >= 11 is 1.86. The lowest BCUT2D eigenvalue weighted by Gasteiger charge is -2.21. The number of ether oxygens (including phenoxy) is 1. The van der Waals surface area contributed by atoms with Gasteiger partial charge in [0.05, 0.1) is 12.6 Å². The first-order valence-electron chi connectivity index (χ1n) is 7.68. The fraction of sp³-hybridized carbons (Fsp3) is 0.444. The molecular formula is C18H25NOS. The molecule has 1 atom stereocenters. The van der Waals surface area contributed by atoms with Crippen LogP contribution in [-0.4, -0.2) is 13.2 Å². The van der Waals surface area contributed by atoms with E-state index in [1.807, 2.05) is 18.3 Å². The summed E-state index contributed by atoms with van der Waals surface area (Å²) in [6, 6.07) is 11.1. The van der Waals surface area contributed by atoms with Gasteiger partial charge in [0, 0.05) is 15.3 Å². The third-order valence-corrected chi connectivity index (χ3v) is 4.49. The highest BCUT2D eigenvalue weighted by Gasteiger charge is 2.19. The molecule has 21 heavy (non-hydrogen) atoms. The van der Waals surface area contributed by atoms with E-state index in [0.717, 1.165) is 18.7 Å². The van der Waals surface area contributed by atoms with Crippen molar-refractivity contribution in [1.29, 1.82) is 0 Å². The van der Waals surface area contributed by atoms with Crippen molar-refractivity contribution in [2.75, 3.05) is 13.2 Å². The number of aryl methyl sites for hydroxylation is 2. The van der Waals surface area contributed by atoms with Crippen LogP contribution in [0.3, 0.4) is 0 Å². The standard InChI is InChI=1S/C18H25NOS/c1-5-11-19-18(17-10-8-14(4)21-17)15-12-13(3)7-9-16(15)20-6-2/h7-10,12,18-19H,5-6,11H2,1-4H3. The first kappa shape index (κ1) is 16.1. The van der Waals surface area contributed by atoms with Gasteiger partial charge in [0.15, 0.2) is 0 Å². The van der Waals surface area contributed by atoms with Crippen LogP contribution in [0.15, 0.2) is 30.3 Å². The van der Waals surface area contributed by atoms with Crippen molar-refractivity contribution in [1.82, 2.24) is 5.32 Å². The monoisotopic (exact) mass is 303 g/mol. The maximum atomic E-state index is 5.85. The van der Waals surface area contributed by atoms with Crippen LogP contribution < -0.4 is 10.1 Å². The number of nitrogens with one attached hydrogen (secondary N) is 1. The highest BCUT2D eigenvalue weighted by atomic mass is 32.1. The Balaban J connectivity index is 2.42. The predicted molar refractivity (Wildman–Crippen MR) is 91.5 cm³/mol. The number of hydrogen-bond acceptors (Lipinski definition) is 3. The molecule has 0 spiro atoms. The molecule has 0 radical (unpaired) electrons. The normalized spacial score (nSPS) is 12.4. The zero-order valence-corrected chi connectivity index (χ0v) is 14.2. The molecular weight excluding hydrogens is 278 g/mol. The van der Waals surface area contributed by atoms with Gasteiger partial charge in [-0.2, -0.15) is 0 Å². The van der Waals surface area contributed by atoms with Crippen molar-refractivity contribution < 1.29 is 4.74 Å². The molecule has 1 aromatic heterocycles. The van der Waals surface area contributed by atoms with Crippen LogP contribution in [0.2, 0.25) is 0 Å². The van der Waals surface area contributed by atoms with Crippen LogP contribution in [-0.2, 0) is 0 Å². The average molecular weight is 303 g/mol. The van der Waals surface area contributed by atoms with E-state index < -0.39 is 0 Å². The predicted octanol–water partition coefficient (Wildman–Crippen LogP) is 4.85. The van der Waals surface area contributed by atoms with Crippen molar-refractivity contribution in [2.24, 2.45) is 0 Å². The molecule has 1 N–H and O–H groups in total. The molecule has 0 bridgehead atoms. The van der Waals surface area contributed by atoms with E-state index in [1.54, 1.807) is 0 Å². The molecule has 1 aromatic carbocycles. The molecule has 0 amide bonds. The fourth-order valence-electron chi connectivity index (χ4n) is 2.44. The summed E-state index contributed by atoms with van der Waals surface area (Å²) in [5, 5.41) is 3.67. The van der Waals surface area contributed by atoms with E-state index in [1.165, 1.54) is 20.9 Å². The molecule has 114 valence electrons. The maximum Gasteiger partial charge on any atom is 0.124 e. The first-order chi connectivity index (χ1) is 10.2. The molecule has 1 heterocycles. The number of hydrogen-bond donors (Lipinski definition) is 1. The highest BCUT2D eigenvalue weighted by Crippen LogP contribution is 2.34. The molecule has 2 aromatic rings. The van der Waals surface area contributed by atoms with Gasteiger partial charge in [0.25, 0.3) is 0 Å². The van der Waals surface area contributed by atoms with E-state index in [4.69, 9.17) is 4.74 Å². The zero-order chi connectivity index (χ0) is 15.2. The van der Waals surface area contributed by atoms with E-state index in [9.17, 15) is 0 Å². The van der Waals surface area contributed by atoms with Gasteiger partial charge in [-0.25, -0.2) is 0 Å². The van der Waals surface area contributed by atoms with Crippen molar-refractivity contribution in [2.45, 2.75) is 40.2 Å². The third kappa shape index (κ3) is 4.08. The van der Waals surface area contributed by atoms with Gasteiger partial charge >= 0.3 is 0 Å². The van der Waals surface area contributed by atoms with Crippen molar-refractivity contribution in [3.63, 3.8) is 0 Å². The summed E-state index contributed by atoms with van der Waals surface area (Å²) in [7, 11) is 0. The Bertz CT molecular complexity index is 576. The molecule has 2 rings (SSSR count). The van der Waals surface area contributed by atoms with Crippen LogP contribution in [0.25, 0.3) is 0 Å².